The van der Waals surface area contributed by atoms with Crippen LogP contribution in [0.5, 0.6) is 5.75 Å². The summed E-state index contributed by atoms with van der Waals surface area (Å²) in [4.78, 5) is 69.3. The molecule has 5 N–H and O–H groups in total. The van der Waals surface area contributed by atoms with E-state index in [1.54, 1.807) is 38.4 Å². The molecule has 1 saturated heterocycles. The first kappa shape index (κ1) is 37.7. The molecule has 4 amide bonds. The molecule has 0 radical (unpaired) electrons. The number of nitrogens with zero attached hydrogens (tertiary/aromatic N) is 2. The molecule has 1 saturated carbocycles. The number of halogens is 1. The van der Waals surface area contributed by atoms with Crippen molar-refractivity contribution in [1.29, 1.82) is 0 Å². The minimum Gasteiger partial charge on any atom is -0.483 e. The maximum atomic E-state index is 14.5. The number of amides is 4. The smallest absolute Gasteiger partial charge is 0.305 e. The number of likely N-dealkylation sites (tertiary alicyclic amines) is 1. The van der Waals surface area contributed by atoms with Crippen LogP contribution in [-0.4, -0.2) is 106 Å². The van der Waals surface area contributed by atoms with Crippen molar-refractivity contribution in [2.24, 2.45) is 5.41 Å². The summed E-state index contributed by atoms with van der Waals surface area (Å²) < 4.78 is 25.6. The maximum Gasteiger partial charge on any atom is 0.305 e. The summed E-state index contributed by atoms with van der Waals surface area (Å²) in [6.45, 7) is 6.85. The van der Waals surface area contributed by atoms with E-state index in [1.807, 2.05) is 13.0 Å². The van der Waals surface area contributed by atoms with E-state index >= 15 is 0 Å². The van der Waals surface area contributed by atoms with Crippen LogP contribution >= 0.6 is 11.3 Å². The van der Waals surface area contributed by atoms with E-state index in [4.69, 9.17) is 14.6 Å². The molecule has 1 aromatic carbocycles. The number of carbonyl (C=O) groups is 5. The summed E-state index contributed by atoms with van der Waals surface area (Å²) in [6, 6.07) is 3.16. The van der Waals surface area contributed by atoms with E-state index < -0.39 is 58.9 Å². The van der Waals surface area contributed by atoms with E-state index in [1.165, 1.54) is 16.2 Å². The van der Waals surface area contributed by atoms with Gasteiger partial charge in [-0.1, -0.05) is 32.9 Å². The zero-order valence-electron chi connectivity index (χ0n) is 28.0. The Labute approximate surface area is 287 Å². The number of rotatable bonds is 16. The number of carbonyl (C=O) groups excluding carboxylic acids is 4. The third-order valence-electron chi connectivity index (χ3n) is 8.26. The number of aliphatic hydroxyl groups excluding tert-OH is 1. The largest absolute Gasteiger partial charge is 0.483 e. The molecule has 16 heteroatoms. The molecule has 49 heavy (non-hydrogen) atoms. The summed E-state index contributed by atoms with van der Waals surface area (Å²) in [5.74, 6) is -3.08. The van der Waals surface area contributed by atoms with Crippen molar-refractivity contribution >= 4 is 40.9 Å². The number of ether oxygens (including phenoxy) is 2. The van der Waals surface area contributed by atoms with E-state index in [2.05, 4.69) is 20.9 Å². The van der Waals surface area contributed by atoms with Crippen LogP contribution in [0.1, 0.15) is 57.7 Å². The average molecular weight is 706 g/mol. The van der Waals surface area contributed by atoms with Crippen LogP contribution in [0.4, 0.5) is 4.39 Å². The number of benzene rings is 1. The second-order valence-electron chi connectivity index (χ2n) is 13.3. The van der Waals surface area contributed by atoms with Gasteiger partial charge in [-0.2, -0.15) is 0 Å². The highest BCUT2D eigenvalue weighted by atomic mass is 32.1. The van der Waals surface area contributed by atoms with Crippen LogP contribution in [0, 0.1) is 12.3 Å². The average Bonchev–Trinajstić information content (AvgIpc) is 3.45. The fourth-order valence-corrected chi connectivity index (χ4v) is 6.09. The number of β-amino-alcohol motifs (C(OH)–C–C–N with tert-alkyl or cyclic N) is 1. The van der Waals surface area contributed by atoms with Gasteiger partial charge in [-0.3, -0.25) is 24.0 Å². The number of hydrogen-bond acceptors (Lipinski definition) is 10. The minimum absolute atomic E-state index is 0.0252. The van der Waals surface area contributed by atoms with E-state index in [9.17, 15) is 33.5 Å². The van der Waals surface area contributed by atoms with Gasteiger partial charge < -0.3 is 40.5 Å². The summed E-state index contributed by atoms with van der Waals surface area (Å²) in [5.41, 5.74) is 1.06. The monoisotopic (exact) mass is 705 g/mol. The van der Waals surface area contributed by atoms with Gasteiger partial charge in [-0.25, -0.2) is 9.37 Å². The fraction of sp³-hybridized carbons (Fsp3) is 0.576. The molecule has 268 valence electrons. The number of carboxylic acid groups (broad SMARTS) is 1. The van der Waals surface area contributed by atoms with Crippen LogP contribution in [0.2, 0.25) is 0 Å². The predicted octanol–water partition coefficient (Wildman–Crippen LogP) is 1.72. The van der Waals surface area contributed by atoms with Crippen LogP contribution in [-0.2, 0) is 35.3 Å². The molecule has 14 nitrogen and oxygen atoms in total. The van der Waals surface area contributed by atoms with E-state index in [0.29, 0.717) is 11.3 Å². The Kier molecular flexibility index (Phi) is 12.3. The van der Waals surface area contributed by atoms with Crippen molar-refractivity contribution in [1.82, 2.24) is 25.8 Å². The number of nitrogens with one attached hydrogen (secondary N) is 3. The van der Waals surface area contributed by atoms with Crippen molar-refractivity contribution in [2.45, 2.75) is 83.8 Å². The highest BCUT2D eigenvalue weighted by Gasteiger charge is 2.53. The van der Waals surface area contributed by atoms with Crippen LogP contribution < -0.4 is 20.7 Å². The lowest BCUT2D eigenvalue weighted by atomic mass is 9.85. The standard InChI is InChI=1S/C33H44FN5O9S/c1-19-27(49-18-37-19)20-5-6-21(24(13-20)48-17-25(41)35-10-12-47-11-7-26(42)43)15-36-29(44)23-14-22(40)16-39(23)30(45)28(32(2,3)4)38-31(46)33(34)8-9-33/h5-6,13,18,22-23,28,40H,7-12,14-17H2,1-4H3,(H,35,41)(H,36,44)(H,38,46)(H,42,43)/t22-,23+,28?/m1/s1. The molecular formula is C33H44FN5O9S. The van der Waals surface area contributed by atoms with Gasteiger partial charge in [-0.05, 0) is 36.8 Å². The number of aromatic nitrogens is 1. The number of carboxylic acids is 1. The highest BCUT2D eigenvalue weighted by molar-refractivity contribution is 7.13. The van der Waals surface area contributed by atoms with Gasteiger partial charge in [-0.15, -0.1) is 11.3 Å². The van der Waals surface area contributed by atoms with E-state index in [-0.39, 0.29) is 65.1 Å². The van der Waals surface area contributed by atoms with Gasteiger partial charge >= 0.3 is 5.97 Å². The summed E-state index contributed by atoms with van der Waals surface area (Å²) in [7, 11) is 0. The third kappa shape index (κ3) is 10.2. The number of aliphatic carboxylic acids is 1. The Bertz CT molecular complexity index is 1540. The molecule has 1 unspecified atom stereocenters. The van der Waals surface area contributed by atoms with Crippen LogP contribution in [0.3, 0.4) is 0 Å². The lowest BCUT2D eigenvalue weighted by Crippen LogP contribution is -2.59. The van der Waals surface area contributed by atoms with Crippen molar-refractivity contribution in [3.63, 3.8) is 0 Å². The van der Waals surface area contributed by atoms with Crippen molar-refractivity contribution < 1.29 is 48.0 Å². The SMILES string of the molecule is Cc1ncsc1-c1ccc(CNC(=O)[C@@H]2C[C@@H](O)CN2C(=O)C(NC(=O)C2(F)CC2)C(C)(C)C)c(OCC(=O)NCCOCCC(=O)O)c1. The molecule has 2 heterocycles. The van der Waals surface area contributed by atoms with Crippen molar-refractivity contribution in [3.8, 4) is 16.2 Å². The first-order chi connectivity index (χ1) is 23.1. The molecule has 2 fully saturated rings. The molecule has 1 aromatic heterocycles. The molecule has 1 aliphatic heterocycles. The zero-order valence-corrected chi connectivity index (χ0v) is 28.9. The molecule has 3 atom stereocenters. The number of aryl methyl sites for hydroxylation is 1. The molecule has 4 rings (SSSR count). The van der Waals surface area contributed by atoms with Crippen LogP contribution in [0.15, 0.2) is 23.7 Å². The molecule has 0 spiro atoms. The third-order valence-corrected chi connectivity index (χ3v) is 9.24. The normalized spacial score (nSPS) is 18.8. The number of alkyl halides is 1. The Morgan fingerprint density at radius 2 is 1.90 bits per heavy atom. The van der Waals surface area contributed by atoms with Gasteiger partial charge in [0.05, 0.1) is 41.8 Å². The Morgan fingerprint density at radius 3 is 2.53 bits per heavy atom. The lowest BCUT2D eigenvalue weighted by molar-refractivity contribution is -0.145. The molecule has 0 bridgehead atoms. The first-order valence-corrected chi connectivity index (χ1v) is 17.0. The first-order valence-electron chi connectivity index (χ1n) is 16.1. The second-order valence-corrected chi connectivity index (χ2v) is 14.2. The zero-order chi connectivity index (χ0) is 35.9. The van der Waals surface area contributed by atoms with Gasteiger partial charge in [0.2, 0.25) is 11.8 Å². The molecular weight excluding hydrogens is 661 g/mol. The van der Waals surface area contributed by atoms with E-state index in [0.717, 1.165) is 16.1 Å². The quantitative estimate of drug-likeness (QED) is 0.161. The van der Waals surface area contributed by atoms with Crippen molar-refractivity contribution in [2.75, 3.05) is 32.9 Å². The summed E-state index contributed by atoms with van der Waals surface area (Å²) in [6.07, 6.45) is -0.970. The lowest BCUT2D eigenvalue weighted by Gasteiger charge is -2.35. The Morgan fingerprint density at radius 1 is 1.16 bits per heavy atom. The highest BCUT2D eigenvalue weighted by Crippen LogP contribution is 2.40. The van der Waals surface area contributed by atoms with Gasteiger partial charge in [0.15, 0.2) is 12.3 Å². The number of hydrogen-bond donors (Lipinski definition) is 5. The minimum atomic E-state index is -1.99. The predicted molar refractivity (Wildman–Crippen MR) is 176 cm³/mol. The summed E-state index contributed by atoms with van der Waals surface area (Å²) >= 11 is 1.44. The Hall–Kier alpha value is -4.15. The fourth-order valence-electron chi connectivity index (χ4n) is 5.29. The van der Waals surface area contributed by atoms with Crippen LogP contribution in [0.25, 0.3) is 10.4 Å². The topological polar surface area (TPSA) is 196 Å². The van der Waals surface area contributed by atoms with Gasteiger partial charge in [0.1, 0.15) is 17.8 Å². The molecule has 2 aliphatic rings. The molecule has 2 aromatic rings. The maximum absolute atomic E-state index is 14.5. The molecule has 1 aliphatic carbocycles. The number of thiazole rings is 1. The summed E-state index contributed by atoms with van der Waals surface area (Å²) in [5, 5.41) is 27.2. The Balaban J connectivity index is 1.43. The van der Waals surface area contributed by atoms with Gasteiger partial charge in [0.25, 0.3) is 11.8 Å². The van der Waals surface area contributed by atoms with Gasteiger partial charge in [0, 0.05) is 31.6 Å². The number of aliphatic hydroxyl groups is 1. The second kappa shape index (κ2) is 16.0. The van der Waals surface area contributed by atoms with Crippen molar-refractivity contribution in [3.05, 3.63) is 35.0 Å².